The van der Waals surface area contributed by atoms with Crippen LogP contribution in [0.15, 0.2) is 48.5 Å². The van der Waals surface area contributed by atoms with Crippen molar-refractivity contribution in [3.05, 3.63) is 54.2 Å². The van der Waals surface area contributed by atoms with E-state index >= 15 is 0 Å². The van der Waals surface area contributed by atoms with Crippen LogP contribution in [0.2, 0.25) is 0 Å². The van der Waals surface area contributed by atoms with Crippen LogP contribution < -0.4 is 5.73 Å². The smallest absolute Gasteiger partial charge is 0.305 e. The lowest BCUT2D eigenvalue weighted by atomic mass is 10.1. The maximum Gasteiger partial charge on any atom is 0.305 e. The van der Waals surface area contributed by atoms with Gasteiger partial charge in [-0.25, -0.2) is 0 Å². The highest BCUT2D eigenvalue weighted by Crippen LogP contribution is 2.19. The molecule has 2 aromatic rings. The standard InChI is InChI=1S/C14H14N2O2/c15-11(9-14(17)18)13-8-4-7-12(16-13)10-5-2-1-3-6-10/h1-8,11H,9,15H2,(H,17,18). The summed E-state index contributed by atoms with van der Waals surface area (Å²) in [6, 6.07) is 14.6. The summed E-state index contributed by atoms with van der Waals surface area (Å²) in [4.78, 5) is 15.0. The maximum absolute atomic E-state index is 10.6. The second-order valence-electron chi connectivity index (χ2n) is 4.02. The van der Waals surface area contributed by atoms with Gasteiger partial charge in [0.1, 0.15) is 0 Å². The summed E-state index contributed by atoms with van der Waals surface area (Å²) in [6.45, 7) is 0. The highest BCUT2D eigenvalue weighted by Gasteiger charge is 2.12. The van der Waals surface area contributed by atoms with Gasteiger partial charge in [-0.3, -0.25) is 9.78 Å². The van der Waals surface area contributed by atoms with Crippen LogP contribution in [0, 0.1) is 0 Å². The van der Waals surface area contributed by atoms with Gasteiger partial charge in [0.15, 0.2) is 0 Å². The number of hydrogen-bond acceptors (Lipinski definition) is 3. The van der Waals surface area contributed by atoms with Gasteiger partial charge in [-0.05, 0) is 12.1 Å². The largest absolute Gasteiger partial charge is 0.481 e. The number of carboxylic acids is 1. The van der Waals surface area contributed by atoms with Crippen molar-refractivity contribution >= 4 is 5.97 Å². The van der Waals surface area contributed by atoms with Gasteiger partial charge in [0.2, 0.25) is 0 Å². The molecule has 18 heavy (non-hydrogen) atoms. The highest BCUT2D eigenvalue weighted by atomic mass is 16.4. The summed E-state index contributed by atoms with van der Waals surface area (Å²) < 4.78 is 0. The molecule has 0 fully saturated rings. The van der Waals surface area contributed by atoms with Crippen LogP contribution in [0.4, 0.5) is 0 Å². The van der Waals surface area contributed by atoms with Crippen molar-refractivity contribution in [2.45, 2.75) is 12.5 Å². The van der Waals surface area contributed by atoms with Crippen LogP contribution >= 0.6 is 0 Å². The molecule has 0 aliphatic carbocycles. The Labute approximate surface area is 105 Å². The van der Waals surface area contributed by atoms with E-state index < -0.39 is 12.0 Å². The minimum atomic E-state index is -0.922. The second-order valence-corrected chi connectivity index (χ2v) is 4.02. The summed E-state index contributed by atoms with van der Waals surface area (Å²) >= 11 is 0. The van der Waals surface area contributed by atoms with Gasteiger partial charge in [-0.1, -0.05) is 36.4 Å². The summed E-state index contributed by atoms with van der Waals surface area (Å²) in [5.74, 6) is -0.922. The molecule has 0 spiro atoms. The number of nitrogens with two attached hydrogens (primary N) is 1. The molecule has 1 unspecified atom stereocenters. The predicted molar refractivity (Wildman–Crippen MR) is 68.9 cm³/mol. The van der Waals surface area contributed by atoms with E-state index in [1.165, 1.54) is 0 Å². The lowest BCUT2D eigenvalue weighted by Crippen LogP contribution is -2.16. The monoisotopic (exact) mass is 242 g/mol. The van der Waals surface area contributed by atoms with Gasteiger partial charge < -0.3 is 10.8 Å². The maximum atomic E-state index is 10.6. The molecule has 0 aliphatic heterocycles. The molecule has 0 saturated heterocycles. The summed E-state index contributed by atoms with van der Waals surface area (Å²) in [7, 11) is 0. The number of nitrogens with zero attached hydrogens (tertiary/aromatic N) is 1. The minimum Gasteiger partial charge on any atom is -0.481 e. The molecule has 4 nitrogen and oxygen atoms in total. The molecule has 2 rings (SSSR count). The first-order chi connectivity index (χ1) is 8.66. The van der Waals surface area contributed by atoms with Gasteiger partial charge >= 0.3 is 5.97 Å². The zero-order valence-electron chi connectivity index (χ0n) is 9.78. The van der Waals surface area contributed by atoms with Crippen LogP contribution in [0.1, 0.15) is 18.2 Å². The molecule has 0 amide bonds. The van der Waals surface area contributed by atoms with Crippen molar-refractivity contribution in [2.24, 2.45) is 5.73 Å². The first kappa shape index (κ1) is 12.3. The quantitative estimate of drug-likeness (QED) is 0.861. The molecule has 0 aliphatic rings. The van der Waals surface area contributed by atoms with Crippen molar-refractivity contribution in [3.8, 4) is 11.3 Å². The van der Waals surface area contributed by atoms with Crippen molar-refractivity contribution in [3.63, 3.8) is 0 Å². The van der Waals surface area contributed by atoms with E-state index in [-0.39, 0.29) is 6.42 Å². The fraction of sp³-hybridized carbons (Fsp3) is 0.143. The Morgan fingerprint density at radius 2 is 1.89 bits per heavy atom. The topological polar surface area (TPSA) is 76.2 Å². The van der Waals surface area contributed by atoms with E-state index in [0.29, 0.717) is 5.69 Å². The summed E-state index contributed by atoms with van der Waals surface area (Å²) in [5, 5.41) is 8.72. The third-order valence-electron chi connectivity index (χ3n) is 2.61. The third kappa shape index (κ3) is 2.93. The SMILES string of the molecule is NC(CC(=O)O)c1cccc(-c2ccccc2)n1. The molecule has 1 aromatic heterocycles. The van der Waals surface area contributed by atoms with Crippen molar-refractivity contribution in [1.29, 1.82) is 0 Å². The van der Waals surface area contributed by atoms with Crippen LogP contribution in [0.25, 0.3) is 11.3 Å². The molecular weight excluding hydrogens is 228 g/mol. The van der Waals surface area contributed by atoms with Crippen molar-refractivity contribution < 1.29 is 9.90 Å². The van der Waals surface area contributed by atoms with Gasteiger partial charge in [0, 0.05) is 5.56 Å². The Morgan fingerprint density at radius 3 is 2.56 bits per heavy atom. The van der Waals surface area contributed by atoms with Gasteiger partial charge in [-0.2, -0.15) is 0 Å². The first-order valence-corrected chi connectivity index (χ1v) is 5.66. The number of rotatable bonds is 4. The number of pyridine rings is 1. The fourth-order valence-electron chi connectivity index (χ4n) is 1.72. The predicted octanol–water partition coefficient (Wildman–Crippen LogP) is 2.22. The Kier molecular flexibility index (Phi) is 3.69. The van der Waals surface area contributed by atoms with Crippen LogP contribution in [0.3, 0.4) is 0 Å². The molecule has 4 heteroatoms. The van der Waals surface area contributed by atoms with Gasteiger partial charge in [-0.15, -0.1) is 0 Å². The number of aromatic nitrogens is 1. The lowest BCUT2D eigenvalue weighted by molar-refractivity contribution is -0.137. The second kappa shape index (κ2) is 5.42. The Hall–Kier alpha value is -2.20. The molecule has 3 N–H and O–H groups in total. The molecule has 0 saturated carbocycles. The van der Waals surface area contributed by atoms with E-state index in [1.54, 1.807) is 6.07 Å². The van der Waals surface area contributed by atoms with E-state index in [2.05, 4.69) is 4.98 Å². The van der Waals surface area contributed by atoms with E-state index in [0.717, 1.165) is 11.3 Å². The molecule has 1 atom stereocenters. The number of carboxylic acid groups (broad SMARTS) is 1. The van der Waals surface area contributed by atoms with Crippen molar-refractivity contribution in [1.82, 2.24) is 4.98 Å². The molecule has 92 valence electrons. The minimum absolute atomic E-state index is 0.120. The molecule has 0 radical (unpaired) electrons. The molecule has 0 bridgehead atoms. The highest BCUT2D eigenvalue weighted by molar-refractivity contribution is 5.68. The van der Waals surface area contributed by atoms with Crippen LogP contribution in [-0.2, 0) is 4.79 Å². The number of benzene rings is 1. The Bertz CT molecular complexity index is 541. The van der Waals surface area contributed by atoms with Gasteiger partial charge in [0.25, 0.3) is 0 Å². The van der Waals surface area contributed by atoms with Gasteiger partial charge in [0.05, 0.1) is 23.9 Å². The third-order valence-corrected chi connectivity index (χ3v) is 2.61. The molecular formula is C14H14N2O2. The Balaban J connectivity index is 2.28. The summed E-state index contributed by atoms with van der Waals surface area (Å²) in [6.07, 6.45) is -0.120. The lowest BCUT2D eigenvalue weighted by Gasteiger charge is -2.10. The van der Waals surface area contributed by atoms with Crippen molar-refractivity contribution in [2.75, 3.05) is 0 Å². The zero-order valence-corrected chi connectivity index (χ0v) is 9.78. The fourth-order valence-corrected chi connectivity index (χ4v) is 1.72. The van der Waals surface area contributed by atoms with Crippen LogP contribution in [0.5, 0.6) is 0 Å². The zero-order chi connectivity index (χ0) is 13.0. The molecule has 1 aromatic carbocycles. The average Bonchev–Trinajstić information content (AvgIpc) is 2.39. The average molecular weight is 242 g/mol. The first-order valence-electron chi connectivity index (χ1n) is 5.66. The number of carbonyl (C=O) groups is 1. The van der Waals surface area contributed by atoms with E-state index in [1.807, 2.05) is 42.5 Å². The summed E-state index contributed by atoms with van der Waals surface area (Å²) in [5.41, 5.74) is 8.18. The molecule has 1 heterocycles. The number of aliphatic carboxylic acids is 1. The van der Waals surface area contributed by atoms with E-state index in [9.17, 15) is 4.79 Å². The normalized spacial score (nSPS) is 12.1. The van der Waals surface area contributed by atoms with E-state index in [4.69, 9.17) is 10.8 Å². The number of hydrogen-bond donors (Lipinski definition) is 2. The van der Waals surface area contributed by atoms with Crippen LogP contribution in [-0.4, -0.2) is 16.1 Å². The Morgan fingerprint density at radius 1 is 1.17 bits per heavy atom.